The molecule has 4 N–H and O–H groups in total. The lowest BCUT2D eigenvalue weighted by molar-refractivity contribution is 0.187. The molecule has 10 heteroatoms. The van der Waals surface area contributed by atoms with E-state index in [1.165, 1.54) is 22.9 Å². The molecule has 9 nitrogen and oxygen atoms in total. The van der Waals surface area contributed by atoms with Crippen LogP contribution < -0.4 is 16.2 Å². The molecular weight excluding hydrogens is 424 g/mol. The van der Waals surface area contributed by atoms with E-state index >= 15 is 0 Å². The van der Waals surface area contributed by atoms with E-state index in [0.717, 1.165) is 38.3 Å². The lowest BCUT2D eigenvalue weighted by atomic mass is 9.73. The molecule has 0 saturated carbocycles. The molecule has 3 aromatic heterocycles. The molecule has 1 aromatic carbocycles. The van der Waals surface area contributed by atoms with E-state index < -0.39 is 0 Å². The molecule has 0 unspecified atom stereocenters. The van der Waals surface area contributed by atoms with Gasteiger partial charge in [0.25, 0.3) is 5.56 Å². The molecule has 4 aromatic rings. The Hall–Kier alpha value is -3.24. The van der Waals surface area contributed by atoms with Crippen molar-refractivity contribution >= 4 is 29.0 Å². The SMILES string of the molecule is N[C@@H]1c2ccccc2CC12CCN(c1nc3nc(Sc4ccn[nH]c4=O)cnc3[nH]1)CC2. The standard InChI is InChI=1S/C22H22N8OS/c23-17-14-4-2-1-3-13(14)11-22(17)6-9-30(10-7-22)21-27-18-19(28-21)26-16(12-24-18)32-15-5-8-25-29-20(15)31/h1-5,8,12,17H,6-7,9-11,23H2,(H,29,31)(H,24,26,27,28)/t17-/m1/s1. The Kier molecular flexibility index (Phi) is 4.51. The summed E-state index contributed by atoms with van der Waals surface area (Å²) in [6.45, 7) is 1.77. The van der Waals surface area contributed by atoms with Gasteiger partial charge in [-0.25, -0.2) is 15.1 Å². The predicted molar refractivity (Wildman–Crippen MR) is 122 cm³/mol. The Morgan fingerprint density at radius 1 is 1.16 bits per heavy atom. The first-order valence-corrected chi connectivity index (χ1v) is 11.5. The van der Waals surface area contributed by atoms with Crippen LogP contribution in [0.3, 0.4) is 0 Å². The number of imidazole rings is 1. The Morgan fingerprint density at radius 3 is 2.81 bits per heavy atom. The maximum Gasteiger partial charge on any atom is 0.278 e. The second-order valence-corrected chi connectivity index (χ2v) is 9.56. The predicted octanol–water partition coefficient (Wildman–Crippen LogP) is 2.43. The minimum atomic E-state index is -0.253. The summed E-state index contributed by atoms with van der Waals surface area (Å²) in [5, 5.41) is 6.75. The van der Waals surface area contributed by atoms with Gasteiger partial charge >= 0.3 is 0 Å². The largest absolute Gasteiger partial charge is 0.342 e. The summed E-state index contributed by atoms with van der Waals surface area (Å²) in [5.74, 6) is 0.780. The number of anilines is 1. The number of aromatic nitrogens is 6. The van der Waals surface area contributed by atoms with Crippen molar-refractivity contribution < 1.29 is 0 Å². The third-order valence-corrected chi connectivity index (χ3v) is 7.68. The number of nitrogens with zero attached hydrogens (tertiary/aromatic N) is 5. The fourth-order valence-corrected chi connectivity index (χ4v) is 5.69. The summed E-state index contributed by atoms with van der Waals surface area (Å²) in [6, 6.07) is 10.3. The Balaban J connectivity index is 1.20. The van der Waals surface area contributed by atoms with Crippen LogP contribution in [0.5, 0.6) is 0 Å². The van der Waals surface area contributed by atoms with Gasteiger partial charge in [0.05, 0.1) is 11.1 Å². The molecule has 1 aliphatic carbocycles. The van der Waals surface area contributed by atoms with E-state index in [1.54, 1.807) is 18.5 Å². The third kappa shape index (κ3) is 3.18. The van der Waals surface area contributed by atoms with Gasteiger partial charge in [-0.2, -0.15) is 10.1 Å². The third-order valence-electron chi connectivity index (χ3n) is 6.73. The first-order valence-electron chi connectivity index (χ1n) is 10.6. The fraction of sp³-hybridized carbons (Fsp3) is 0.318. The number of nitrogens with two attached hydrogens (primary N) is 1. The van der Waals surface area contributed by atoms with Crippen molar-refractivity contribution in [2.45, 2.75) is 35.2 Å². The molecule has 2 aliphatic rings. The highest BCUT2D eigenvalue weighted by Gasteiger charge is 2.46. The number of piperidine rings is 1. The van der Waals surface area contributed by atoms with Crippen LogP contribution in [-0.2, 0) is 6.42 Å². The molecule has 1 saturated heterocycles. The Bertz CT molecular complexity index is 1360. The molecule has 1 atom stereocenters. The van der Waals surface area contributed by atoms with Crippen LogP contribution in [0.15, 0.2) is 57.4 Å². The van der Waals surface area contributed by atoms with Gasteiger partial charge in [-0.1, -0.05) is 36.0 Å². The number of H-pyrrole nitrogens is 2. The Morgan fingerprint density at radius 2 is 2.00 bits per heavy atom. The van der Waals surface area contributed by atoms with Crippen molar-refractivity contribution in [3.8, 4) is 0 Å². The van der Waals surface area contributed by atoms with E-state index in [9.17, 15) is 4.79 Å². The monoisotopic (exact) mass is 446 g/mol. The number of nitrogens with one attached hydrogen (secondary N) is 2. The summed E-state index contributed by atoms with van der Waals surface area (Å²) in [7, 11) is 0. The van der Waals surface area contributed by atoms with Gasteiger partial charge in [0.15, 0.2) is 11.3 Å². The normalized spacial score (nSPS) is 19.5. The summed E-state index contributed by atoms with van der Waals surface area (Å²) in [6.07, 6.45) is 6.28. The number of aromatic amines is 2. The highest BCUT2D eigenvalue weighted by molar-refractivity contribution is 7.99. The summed E-state index contributed by atoms with van der Waals surface area (Å²) in [5.41, 5.74) is 10.4. The molecule has 4 heterocycles. The van der Waals surface area contributed by atoms with E-state index in [0.29, 0.717) is 21.2 Å². The first kappa shape index (κ1) is 19.4. The zero-order valence-corrected chi connectivity index (χ0v) is 18.1. The van der Waals surface area contributed by atoms with Gasteiger partial charge in [-0.3, -0.25) is 4.79 Å². The molecule has 1 aliphatic heterocycles. The summed E-state index contributed by atoms with van der Waals surface area (Å²) in [4.78, 5) is 31.7. The van der Waals surface area contributed by atoms with E-state index in [-0.39, 0.29) is 17.0 Å². The highest BCUT2D eigenvalue weighted by atomic mass is 32.2. The van der Waals surface area contributed by atoms with Crippen molar-refractivity contribution in [2.75, 3.05) is 18.0 Å². The lowest BCUT2D eigenvalue weighted by Gasteiger charge is -2.42. The number of hydrogen-bond acceptors (Lipinski definition) is 8. The van der Waals surface area contributed by atoms with Gasteiger partial charge in [-0.15, -0.1) is 0 Å². The van der Waals surface area contributed by atoms with E-state index in [2.05, 4.69) is 59.3 Å². The van der Waals surface area contributed by atoms with Crippen LogP contribution in [0, 0.1) is 5.41 Å². The number of rotatable bonds is 3. The van der Waals surface area contributed by atoms with Crippen molar-refractivity contribution in [2.24, 2.45) is 11.1 Å². The van der Waals surface area contributed by atoms with Gasteiger partial charge in [0.2, 0.25) is 5.95 Å². The molecule has 0 radical (unpaired) electrons. The maximum atomic E-state index is 11.9. The minimum absolute atomic E-state index is 0.0933. The number of fused-ring (bicyclic) bond motifs is 2. The molecule has 1 fully saturated rings. The minimum Gasteiger partial charge on any atom is -0.342 e. The van der Waals surface area contributed by atoms with Crippen LogP contribution in [0.2, 0.25) is 0 Å². The van der Waals surface area contributed by atoms with Gasteiger partial charge in [0, 0.05) is 25.3 Å². The molecule has 0 bridgehead atoms. The summed E-state index contributed by atoms with van der Waals surface area (Å²) >= 11 is 1.24. The topological polar surface area (TPSA) is 129 Å². The lowest BCUT2D eigenvalue weighted by Crippen LogP contribution is -2.44. The smallest absolute Gasteiger partial charge is 0.278 e. The second-order valence-electron chi connectivity index (χ2n) is 8.50. The van der Waals surface area contributed by atoms with Crippen LogP contribution in [0.4, 0.5) is 5.95 Å². The second kappa shape index (κ2) is 7.42. The molecule has 6 rings (SSSR count). The number of hydrogen-bond donors (Lipinski definition) is 3. The Labute approximate surface area is 187 Å². The van der Waals surface area contributed by atoms with Gasteiger partial charge in [-0.05, 0) is 41.9 Å². The van der Waals surface area contributed by atoms with Crippen molar-refractivity contribution in [1.29, 1.82) is 0 Å². The van der Waals surface area contributed by atoms with Gasteiger partial charge in [0.1, 0.15) is 5.03 Å². The van der Waals surface area contributed by atoms with E-state index in [1.807, 2.05) is 0 Å². The average Bonchev–Trinajstić information content (AvgIpc) is 3.35. The van der Waals surface area contributed by atoms with Crippen molar-refractivity contribution in [3.63, 3.8) is 0 Å². The zero-order valence-electron chi connectivity index (χ0n) is 17.3. The van der Waals surface area contributed by atoms with Crippen molar-refractivity contribution in [3.05, 3.63) is 64.2 Å². The average molecular weight is 447 g/mol. The molecule has 0 amide bonds. The number of benzene rings is 1. The quantitative estimate of drug-likeness (QED) is 0.438. The van der Waals surface area contributed by atoms with Crippen LogP contribution in [0.1, 0.15) is 30.0 Å². The van der Waals surface area contributed by atoms with Crippen molar-refractivity contribution in [1.82, 2.24) is 30.1 Å². The van der Waals surface area contributed by atoms with Crippen LogP contribution in [0.25, 0.3) is 11.3 Å². The highest BCUT2D eigenvalue weighted by Crippen LogP contribution is 2.50. The van der Waals surface area contributed by atoms with Crippen LogP contribution in [-0.4, -0.2) is 43.2 Å². The summed E-state index contributed by atoms with van der Waals surface area (Å²) < 4.78 is 0. The molecule has 162 valence electrons. The molecule has 1 spiro atoms. The zero-order chi connectivity index (χ0) is 21.7. The van der Waals surface area contributed by atoms with Crippen LogP contribution >= 0.6 is 11.8 Å². The molecule has 32 heavy (non-hydrogen) atoms. The van der Waals surface area contributed by atoms with E-state index in [4.69, 9.17) is 5.73 Å². The maximum absolute atomic E-state index is 11.9. The fourth-order valence-electron chi connectivity index (χ4n) is 4.96. The van der Waals surface area contributed by atoms with Gasteiger partial charge < -0.3 is 15.6 Å². The first-order chi connectivity index (χ1) is 15.6. The molecular formula is C22H22N8OS.